The second-order valence-electron chi connectivity index (χ2n) is 21.0. The number of amides is 4. The highest BCUT2D eigenvalue weighted by atomic mass is 16.2. The van der Waals surface area contributed by atoms with Crippen molar-refractivity contribution in [2.24, 2.45) is 11.8 Å². The van der Waals surface area contributed by atoms with Crippen LogP contribution in [-0.4, -0.2) is 96.7 Å². The Morgan fingerprint density at radius 1 is 0.379 bits per heavy atom. The van der Waals surface area contributed by atoms with Gasteiger partial charge in [-0.25, -0.2) is 0 Å². The highest BCUT2D eigenvalue weighted by Crippen LogP contribution is 2.37. The molecule has 2 N–H and O–H groups in total. The summed E-state index contributed by atoms with van der Waals surface area (Å²) in [7, 11) is 2.02. The zero-order valence-electron chi connectivity index (χ0n) is 44.4. The number of hydrogen-bond acceptors (Lipinski definition) is 5. The van der Waals surface area contributed by atoms with Gasteiger partial charge in [-0.3, -0.25) is 19.2 Å². The molecule has 2 unspecified atom stereocenters. The fourth-order valence-electron chi connectivity index (χ4n) is 10.0. The molecule has 2 aliphatic rings. The van der Waals surface area contributed by atoms with E-state index in [0.29, 0.717) is 52.1 Å². The molecule has 0 saturated heterocycles. The molecule has 66 heavy (non-hydrogen) atoms. The lowest BCUT2D eigenvalue weighted by atomic mass is 10.0. The molecule has 2 atom stereocenters. The maximum Gasteiger partial charge on any atom is 0.243 e. The van der Waals surface area contributed by atoms with Gasteiger partial charge in [-0.1, -0.05) is 207 Å². The minimum Gasteiger partial charge on any atom is -0.353 e. The number of carbonyl (C=O) groups excluding carboxylic acids is 4. The number of nitrogens with one attached hydrogen (secondary N) is 2. The van der Waals surface area contributed by atoms with Crippen LogP contribution in [0.4, 0.5) is 0 Å². The van der Waals surface area contributed by atoms with E-state index in [1.165, 1.54) is 167 Å². The van der Waals surface area contributed by atoms with Crippen molar-refractivity contribution in [2.75, 3.05) is 46.3 Å². The quantitative estimate of drug-likeness (QED) is 0.0592. The SMILES string of the molecule is CCCCCCCCCCCCCCCCCC(=O)N(CCC)C(C(=O)NCCN(C)CCNC(=O)C(C1CC1)N(CCC)C(=O)CCCCCCCCCCCCCCCCC)C1CC1. The van der Waals surface area contributed by atoms with Crippen LogP contribution in [0.2, 0.25) is 0 Å². The molecule has 2 rings (SSSR count). The molecule has 2 fully saturated rings. The van der Waals surface area contributed by atoms with E-state index in [-0.39, 0.29) is 47.5 Å². The van der Waals surface area contributed by atoms with Crippen molar-refractivity contribution in [3.63, 3.8) is 0 Å². The Morgan fingerprint density at radius 2 is 0.636 bits per heavy atom. The molecule has 2 saturated carbocycles. The summed E-state index contributed by atoms with van der Waals surface area (Å²) in [5, 5.41) is 6.35. The molecule has 0 spiro atoms. The van der Waals surface area contributed by atoms with Crippen LogP contribution >= 0.6 is 0 Å². The smallest absolute Gasteiger partial charge is 0.243 e. The fraction of sp³-hybridized carbons (Fsp3) is 0.930. The maximum absolute atomic E-state index is 13.6. The number of unbranched alkanes of at least 4 members (excludes halogenated alkanes) is 28. The first-order chi connectivity index (χ1) is 32.3. The van der Waals surface area contributed by atoms with Gasteiger partial charge in [0.05, 0.1) is 0 Å². The van der Waals surface area contributed by atoms with E-state index in [1.54, 1.807) is 0 Å². The predicted molar refractivity (Wildman–Crippen MR) is 280 cm³/mol. The first-order valence-electron chi connectivity index (χ1n) is 29.1. The molecule has 0 heterocycles. The first kappa shape index (κ1) is 60.0. The third kappa shape index (κ3) is 29.7. The Morgan fingerprint density at radius 3 is 0.879 bits per heavy atom. The summed E-state index contributed by atoms with van der Waals surface area (Å²) in [6.07, 6.45) is 46.0. The fourth-order valence-corrected chi connectivity index (χ4v) is 10.0. The van der Waals surface area contributed by atoms with Gasteiger partial charge in [0.2, 0.25) is 23.6 Å². The largest absolute Gasteiger partial charge is 0.353 e. The van der Waals surface area contributed by atoms with Gasteiger partial charge in [0, 0.05) is 52.1 Å². The lowest BCUT2D eigenvalue weighted by molar-refractivity contribution is -0.141. The monoisotopic (exact) mass is 928 g/mol. The van der Waals surface area contributed by atoms with Crippen molar-refractivity contribution >= 4 is 23.6 Å². The molecule has 0 aromatic carbocycles. The van der Waals surface area contributed by atoms with Crippen LogP contribution in [0, 0.1) is 11.8 Å². The van der Waals surface area contributed by atoms with Gasteiger partial charge in [0.1, 0.15) is 12.1 Å². The van der Waals surface area contributed by atoms with Crippen LogP contribution in [0.5, 0.6) is 0 Å². The summed E-state index contributed by atoms with van der Waals surface area (Å²) in [6, 6.07) is -0.739. The van der Waals surface area contributed by atoms with Crippen LogP contribution in [0.3, 0.4) is 0 Å². The number of likely N-dealkylation sites (N-methyl/N-ethyl adjacent to an activating group) is 1. The molecule has 0 bridgehead atoms. The van der Waals surface area contributed by atoms with Gasteiger partial charge in [-0.05, 0) is 70.3 Å². The third-order valence-corrected chi connectivity index (χ3v) is 14.5. The van der Waals surface area contributed by atoms with Gasteiger partial charge in [-0.15, -0.1) is 0 Å². The van der Waals surface area contributed by atoms with E-state index in [0.717, 1.165) is 64.2 Å². The standard InChI is InChI=1S/C57H109N5O4/c1-6-10-12-14-16-18-20-22-24-26-28-30-32-34-36-38-52(63)61(46-8-3)54(50-40-41-50)56(65)58-44-48-60(5)49-45-59-57(66)55(51-42-43-51)62(47-9-4)53(64)39-37-35-33-31-29-27-25-23-21-19-17-15-13-11-7-2/h50-51,54-55H,6-49H2,1-5H3,(H,58,65)(H,59,66). The summed E-state index contributed by atoms with van der Waals surface area (Å²) in [5.41, 5.74) is 0. The number of rotatable bonds is 48. The number of nitrogens with zero attached hydrogens (tertiary/aromatic N) is 3. The second kappa shape index (κ2) is 40.7. The molecule has 386 valence electrons. The van der Waals surface area contributed by atoms with Crippen molar-refractivity contribution in [3.05, 3.63) is 0 Å². The minimum atomic E-state index is -0.370. The first-order valence-corrected chi connectivity index (χ1v) is 29.1. The summed E-state index contributed by atoms with van der Waals surface area (Å²) >= 11 is 0. The van der Waals surface area contributed by atoms with Crippen LogP contribution in [0.15, 0.2) is 0 Å². The van der Waals surface area contributed by atoms with E-state index in [2.05, 4.69) is 43.2 Å². The maximum atomic E-state index is 13.6. The van der Waals surface area contributed by atoms with Crippen LogP contribution in [0.1, 0.15) is 272 Å². The Kier molecular flexibility index (Phi) is 37.0. The highest BCUT2D eigenvalue weighted by molar-refractivity contribution is 5.89. The topological polar surface area (TPSA) is 102 Å². The van der Waals surface area contributed by atoms with Gasteiger partial charge in [0.25, 0.3) is 0 Å². The summed E-state index contributed by atoms with van der Waals surface area (Å²) in [5.74, 6) is 0.763. The second-order valence-corrected chi connectivity index (χ2v) is 21.0. The molecule has 0 aromatic heterocycles. The van der Waals surface area contributed by atoms with Crippen LogP contribution in [0.25, 0.3) is 0 Å². The zero-order chi connectivity index (χ0) is 47.9. The number of hydrogen-bond donors (Lipinski definition) is 2. The van der Waals surface area contributed by atoms with Crippen molar-refractivity contribution in [1.29, 1.82) is 0 Å². The van der Waals surface area contributed by atoms with Crippen molar-refractivity contribution in [1.82, 2.24) is 25.3 Å². The normalized spacial score (nSPS) is 14.6. The summed E-state index contributed by atoms with van der Waals surface area (Å²) < 4.78 is 0. The lowest BCUT2D eigenvalue weighted by Gasteiger charge is -2.32. The molecule has 2 aliphatic carbocycles. The predicted octanol–water partition coefficient (Wildman–Crippen LogP) is 13.7. The van der Waals surface area contributed by atoms with Gasteiger partial charge >= 0.3 is 0 Å². The molecule has 9 heteroatoms. The van der Waals surface area contributed by atoms with Gasteiger partial charge < -0.3 is 25.3 Å². The van der Waals surface area contributed by atoms with Gasteiger partial charge in [0.15, 0.2) is 0 Å². The van der Waals surface area contributed by atoms with E-state index in [1.807, 2.05) is 16.8 Å². The van der Waals surface area contributed by atoms with Gasteiger partial charge in [-0.2, -0.15) is 0 Å². The Bertz CT molecular complexity index is 1120. The Hall–Kier alpha value is -2.16. The van der Waals surface area contributed by atoms with Crippen LogP contribution in [-0.2, 0) is 19.2 Å². The van der Waals surface area contributed by atoms with E-state index >= 15 is 0 Å². The minimum absolute atomic E-state index is 0.0187. The van der Waals surface area contributed by atoms with Crippen LogP contribution < -0.4 is 10.6 Å². The average molecular weight is 929 g/mol. The molecule has 0 aliphatic heterocycles. The molecule has 0 radical (unpaired) electrons. The van der Waals surface area contributed by atoms with E-state index in [9.17, 15) is 19.2 Å². The highest BCUT2D eigenvalue weighted by Gasteiger charge is 2.42. The Labute approximate surface area is 408 Å². The molecule has 9 nitrogen and oxygen atoms in total. The number of carbonyl (C=O) groups is 4. The molecular formula is C57H109N5O4. The molecule has 0 aromatic rings. The van der Waals surface area contributed by atoms with E-state index in [4.69, 9.17) is 0 Å². The third-order valence-electron chi connectivity index (χ3n) is 14.5. The van der Waals surface area contributed by atoms with Crippen molar-refractivity contribution < 1.29 is 19.2 Å². The molecular weight excluding hydrogens is 819 g/mol. The Balaban J connectivity index is 1.63. The zero-order valence-corrected chi connectivity index (χ0v) is 44.4. The summed E-state index contributed by atoms with van der Waals surface area (Å²) in [4.78, 5) is 60.3. The van der Waals surface area contributed by atoms with E-state index < -0.39 is 0 Å². The molecule has 4 amide bonds. The van der Waals surface area contributed by atoms with Crippen molar-refractivity contribution in [2.45, 2.75) is 284 Å². The summed E-state index contributed by atoms with van der Waals surface area (Å²) in [6.45, 7) is 12.3. The van der Waals surface area contributed by atoms with Crippen molar-refractivity contribution in [3.8, 4) is 0 Å². The lowest BCUT2D eigenvalue weighted by Crippen LogP contribution is -2.52. The average Bonchev–Trinajstić information content (AvgIpc) is 4.26.